The molecule has 3 aromatic rings. The molecule has 1 saturated heterocycles. The molecule has 5 rings (SSSR count). The van der Waals surface area contributed by atoms with Gasteiger partial charge in [-0.15, -0.1) is 0 Å². The van der Waals surface area contributed by atoms with Gasteiger partial charge in [0.25, 0.3) is 5.91 Å². The number of piperidine rings is 1. The molecule has 8 nitrogen and oxygen atoms in total. The van der Waals surface area contributed by atoms with Gasteiger partial charge in [-0.05, 0) is 48.7 Å². The van der Waals surface area contributed by atoms with E-state index >= 15 is 0 Å². The van der Waals surface area contributed by atoms with Crippen LogP contribution in [-0.2, 0) is 5.60 Å². The van der Waals surface area contributed by atoms with Crippen LogP contribution in [0.3, 0.4) is 0 Å². The van der Waals surface area contributed by atoms with Gasteiger partial charge in [0, 0.05) is 31.2 Å². The number of amides is 1. The molecule has 1 saturated carbocycles. The number of hydrogen-bond acceptors (Lipinski definition) is 7. The Labute approximate surface area is 211 Å². The highest BCUT2D eigenvalue weighted by atomic mass is 19.1. The van der Waals surface area contributed by atoms with Crippen LogP contribution in [0.5, 0.6) is 0 Å². The van der Waals surface area contributed by atoms with Gasteiger partial charge in [0.2, 0.25) is 0 Å². The van der Waals surface area contributed by atoms with Crippen molar-refractivity contribution in [2.24, 2.45) is 11.7 Å². The van der Waals surface area contributed by atoms with Crippen LogP contribution >= 0.6 is 0 Å². The Hall–Kier alpha value is -3.54. The summed E-state index contributed by atoms with van der Waals surface area (Å²) in [6.07, 6.45) is 3.09. The molecule has 0 unspecified atom stereocenters. The molecular formula is C26H26F3N5O3. The Morgan fingerprint density at radius 2 is 1.84 bits per heavy atom. The van der Waals surface area contributed by atoms with Crippen molar-refractivity contribution in [2.45, 2.75) is 37.5 Å². The number of carbonyl (C=O) groups excluding carboxylic acids is 1. The van der Waals surface area contributed by atoms with Gasteiger partial charge in [0.15, 0.2) is 0 Å². The zero-order chi connectivity index (χ0) is 26.5. The molecule has 3 atom stereocenters. The Bertz CT molecular complexity index is 1330. The van der Waals surface area contributed by atoms with Crippen molar-refractivity contribution in [3.63, 3.8) is 0 Å². The summed E-state index contributed by atoms with van der Waals surface area (Å²) < 4.78 is 44.4. The highest BCUT2D eigenvalue weighted by molar-refractivity contribution is 6.04. The number of nitrogens with one attached hydrogen (secondary N) is 1. The van der Waals surface area contributed by atoms with E-state index in [0.717, 1.165) is 24.3 Å². The van der Waals surface area contributed by atoms with Gasteiger partial charge in [0.05, 0.1) is 34.8 Å². The van der Waals surface area contributed by atoms with Crippen LogP contribution in [0.25, 0.3) is 11.3 Å². The van der Waals surface area contributed by atoms with Crippen LogP contribution < -0.4 is 16.0 Å². The van der Waals surface area contributed by atoms with Crippen molar-refractivity contribution in [3.05, 3.63) is 71.4 Å². The third-order valence-corrected chi connectivity index (χ3v) is 6.97. The zero-order valence-corrected chi connectivity index (χ0v) is 20.0. The average Bonchev–Trinajstić information content (AvgIpc) is 3.61. The van der Waals surface area contributed by atoms with Crippen LogP contribution in [-0.4, -0.2) is 51.3 Å². The van der Waals surface area contributed by atoms with E-state index < -0.39 is 52.4 Å². The standard InChI is InChI=1S/C26H26F3N5O3/c1-13-11-34(12-18(30)24(13)35)21-4-7-31-10-20(21)33-25(36)19-3-2-15(27)23(32-19)22-16(28)8-14(9-17(22)29)26(37)5-6-26/h2-4,7-10,13,18,24,35,37H,5-6,11-12,30H2,1H3,(H,33,36)/t13-,18+,24+/m0/s1. The lowest BCUT2D eigenvalue weighted by Gasteiger charge is -2.40. The Morgan fingerprint density at radius 1 is 1.14 bits per heavy atom. The second-order valence-electron chi connectivity index (χ2n) is 9.76. The molecule has 1 aliphatic heterocycles. The molecule has 3 heterocycles. The smallest absolute Gasteiger partial charge is 0.274 e. The number of aliphatic hydroxyl groups is 2. The van der Waals surface area contributed by atoms with E-state index in [2.05, 4.69) is 15.3 Å². The fraction of sp³-hybridized carbons (Fsp3) is 0.346. The fourth-order valence-corrected chi connectivity index (χ4v) is 4.68. The molecule has 0 bridgehead atoms. The number of anilines is 2. The maximum absolute atomic E-state index is 14.9. The summed E-state index contributed by atoms with van der Waals surface area (Å²) in [5.41, 5.74) is 4.16. The second kappa shape index (κ2) is 9.40. The Balaban J connectivity index is 1.43. The maximum Gasteiger partial charge on any atom is 0.274 e. The minimum Gasteiger partial charge on any atom is -0.391 e. The van der Waals surface area contributed by atoms with Gasteiger partial charge in [-0.1, -0.05) is 6.92 Å². The molecule has 11 heteroatoms. The lowest BCUT2D eigenvalue weighted by molar-refractivity contribution is 0.0785. The largest absolute Gasteiger partial charge is 0.391 e. The van der Waals surface area contributed by atoms with Gasteiger partial charge >= 0.3 is 0 Å². The van der Waals surface area contributed by atoms with Gasteiger partial charge in [-0.25, -0.2) is 18.2 Å². The summed E-state index contributed by atoms with van der Waals surface area (Å²) in [5, 5.41) is 23.0. The van der Waals surface area contributed by atoms with E-state index in [0.29, 0.717) is 37.3 Å². The lowest BCUT2D eigenvalue weighted by Crippen LogP contribution is -2.55. The molecule has 0 spiro atoms. The first kappa shape index (κ1) is 25.1. The molecule has 1 aliphatic carbocycles. The summed E-state index contributed by atoms with van der Waals surface area (Å²) in [4.78, 5) is 23.0. The SMILES string of the molecule is C[C@H]1CN(c2ccncc2NC(=O)c2ccc(F)c(-c3c(F)cc(C4(O)CC4)cc3F)n2)C[C@@H](N)[C@@H]1O. The topological polar surface area (TPSA) is 125 Å². The summed E-state index contributed by atoms with van der Waals surface area (Å²) in [7, 11) is 0. The third-order valence-electron chi connectivity index (χ3n) is 6.97. The summed E-state index contributed by atoms with van der Waals surface area (Å²) in [6, 6.07) is 5.14. The molecule has 0 radical (unpaired) electrons. The van der Waals surface area contributed by atoms with Gasteiger partial charge in [-0.2, -0.15) is 0 Å². The molecule has 2 aliphatic rings. The van der Waals surface area contributed by atoms with Crippen molar-refractivity contribution in [2.75, 3.05) is 23.3 Å². The quantitative estimate of drug-likeness (QED) is 0.414. The molecule has 1 amide bonds. The first-order valence-corrected chi connectivity index (χ1v) is 11.9. The van der Waals surface area contributed by atoms with E-state index in [9.17, 15) is 28.2 Å². The monoisotopic (exact) mass is 513 g/mol. The summed E-state index contributed by atoms with van der Waals surface area (Å²) in [5.74, 6) is -4.05. The number of benzene rings is 1. The molecule has 5 N–H and O–H groups in total. The van der Waals surface area contributed by atoms with Crippen LogP contribution in [0.2, 0.25) is 0 Å². The number of rotatable bonds is 5. The minimum absolute atomic E-state index is 0.0731. The average molecular weight is 514 g/mol. The summed E-state index contributed by atoms with van der Waals surface area (Å²) in [6.45, 7) is 2.71. The number of halogens is 3. The zero-order valence-electron chi connectivity index (χ0n) is 20.0. The first-order chi connectivity index (χ1) is 17.6. The summed E-state index contributed by atoms with van der Waals surface area (Å²) >= 11 is 0. The van der Waals surface area contributed by atoms with E-state index in [1.54, 1.807) is 12.3 Å². The van der Waals surface area contributed by atoms with Crippen molar-refractivity contribution in [3.8, 4) is 11.3 Å². The number of nitrogens with two attached hydrogens (primary N) is 1. The molecular weight excluding hydrogens is 487 g/mol. The number of nitrogens with zero attached hydrogens (tertiary/aromatic N) is 3. The van der Waals surface area contributed by atoms with Crippen LogP contribution in [0, 0.1) is 23.4 Å². The van der Waals surface area contributed by atoms with E-state index in [4.69, 9.17) is 5.73 Å². The number of pyridine rings is 2. The second-order valence-corrected chi connectivity index (χ2v) is 9.76. The van der Waals surface area contributed by atoms with E-state index in [1.165, 1.54) is 6.20 Å². The van der Waals surface area contributed by atoms with Crippen LogP contribution in [0.15, 0.2) is 42.7 Å². The number of hydrogen-bond donors (Lipinski definition) is 4. The normalized spacial score (nSPS) is 22.6. The van der Waals surface area contributed by atoms with Crippen molar-refractivity contribution >= 4 is 17.3 Å². The molecule has 2 aromatic heterocycles. The predicted octanol–water partition coefficient (Wildman–Crippen LogP) is 2.94. The number of carbonyl (C=O) groups is 1. The lowest BCUT2D eigenvalue weighted by atomic mass is 9.92. The maximum atomic E-state index is 14.9. The highest BCUT2D eigenvalue weighted by Gasteiger charge is 2.43. The van der Waals surface area contributed by atoms with E-state index in [1.807, 2.05) is 11.8 Å². The van der Waals surface area contributed by atoms with Crippen molar-refractivity contribution in [1.29, 1.82) is 0 Å². The highest BCUT2D eigenvalue weighted by Crippen LogP contribution is 2.46. The molecule has 2 fully saturated rings. The number of aliphatic hydroxyl groups excluding tert-OH is 1. The number of aromatic nitrogens is 2. The van der Waals surface area contributed by atoms with Gasteiger partial charge in [-0.3, -0.25) is 9.78 Å². The molecule has 194 valence electrons. The first-order valence-electron chi connectivity index (χ1n) is 11.9. The molecule has 1 aromatic carbocycles. The van der Waals surface area contributed by atoms with Gasteiger partial charge < -0.3 is 26.2 Å². The Morgan fingerprint density at radius 3 is 2.49 bits per heavy atom. The van der Waals surface area contributed by atoms with E-state index in [-0.39, 0.29) is 17.2 Å². The third kappa shape index (κ3) is 4.77. The minimum atomic E-state index is -1.27. The molecule has 37 heavy (non-hydrogen) atoms. The van der Waals surface area contributed by atoms with Crippen LogP contribution in [0.4, 0.5) is 24.5 Å². The van der Waals surface area contributed by atoms with Crippen molar-refractivity contribution in [1.82, 2.24) is 9.97 Å². The Kier molecular flexibility index (Phi) is 6.38. The predicted molar refractivity (Wildman–Crippen MR) is 130 cm³/mol. The van der Waals surface area contributed by atoms with Gasteiger partial charge in [0.1, 0.15) is 28.8 Å². The van der Waals surface area contributed by atoms with Crippen molar-refractivity contribution < 1.29 is 28.2 Å². The fourth-order valence-electron chi connectivity index (χ4n) is 4.68. The van der Waals surface area contributed by atoms with Crippen LogP contribution in [0.1, 0.15) is 35.8 Å².